The van der Waals surface area contributed by atoms with Crippen molar-refractivity contribution in [2.45, 2.75) is 26.9 Å². The standard InChI is InChI=1S/C15H20N6S/c1-3-20(4-2)15-17-10-12(22-15)9-16-11-14-19-18-13-7-5-6-8-21(13)14/h5-8,10,16H,3-4,9,11H2,1-2H3. The van der Waals surface area contributed by atoms with Crippen LogP contribution in [-0.2, 0) is 13.1 Å². The molecule has 0 aromatic carbocycles. The normalized spacial score (nSPS) is 11.2. The van der Waals surface area contributed by atoms with Crippen molar-refractivity contribution < 1.29 is 0 Å². The van der Waals surface area contributed by atoms with Gasteiger partial charge in [-0.15, -0.1) is 21.5 Å². The van der Waals surface area contributed by atoms with Crippen LogP contribution < -0.4 is 10.2 Å². The zero-order valence-corrected chi connectivity index (χ0v) is 13.7. The van der Waals surface area contributed by atoms with E-state index in [4.69, 9.17) is 0 Å². The molecule has 0 bridgehead atoms. The molecule has 0 unspecified atom stereocenters. The molecule has 0 aliphatic rings. The third-order valence-corrected chi connectivity index (χ3v) is 4.60. The lowest BCUT2D eigenvalue weighted by Crippen LogP contribution is -2.21. The average molecular weight is 316 g/mol. The largest absolute Gasteiger partial charge is 0.349 e. The van der Waals surface area contributed by atoms with Gasteiger partial charge >= 0.3 is 0 Å². The average Bonchev–Trinajstić information content (AvgIpc) is 3.17. The maximum Gasteiger partial charge on any atom is 0.185 e. The van der Waals surface area contributed by atoms with Crippen LogP contribution in [0, 0.1) is 0 Å². The highest BCUT2D eigenvalue weighted by molar-refractivity contribution is 7.15. The van der Waals surface area contributed by atoms with Crippen molar-refractivity contribution in [3.05, 3.63) is 41.3 Å². The minimum absolute atomic E-state index is 0.684. The Morgan fingerprint density at radius 2 is 2.05 bits per heavy atom. The monoisotopic (exact) mass is 316 g/mol. The molecule has 1 N–H and O–H groups in total. The molecule has 0 radical (unpaired) electrons. The number of fused-ring (bicyclic) bond motifs is 1. The summed E-state index contributed by atoms with van der Waals surface area (Å²) in [6.07, 6.45) is 3.94. The SMILES string of the molecule is CCN(CC)c1ncc(CNCc2nnc3ccccn23)s1. The van der Waals surface area contributed by atoms with Crippen LogP contribution in [0.15, 0.2) is 30.6 Å². The molecule has 3 rings (SSSR count). The third-order valence-electron chi connectivity index (χ3n) is 3.54. The molecule has 0 aliphatic carbocycles. The molecular formula is C15H20N6S. The molecule has 0 spiro atoms. The fraction of sp³-hybridized carbons (Fsp3) is 0.400. The number of hydrogen-bond donors (Lipinski definition) is 1. The van der Waals surface area contributed by atoms with Crippen molar-refractivity contribution in [3.63, 3.8) is 0 Å². The van der Waals surface area contributed by atoms with Gasteiger partial charge in [0.25, 0.3) is 0 Å². The van der Waals surface area contributed by atoms with E-state index in [0.717, 1.165) is 36.2 Å². The molecule has 6 nitrogen and oxygen atoms in total. The van der Waals surface area contributed by atoms with Crippen molar-refractivity contribution in [3.8, 4) is 0 Å². The van der Waals surface area contributed by atoms with Gasteiger partial charge in [-0.2, -0.15) is 0 Å². The molecule has 3 aromatic rings. The topological polar surface area (TPSA) is 58.4 Å². The number of thiazole rings is 1. The zero-order chi connectivity index (χ0) is 15.4. The lowest BCUT2D eigenvalue weighted by Gasteiger charge is -2.16. The van der Waals surface area contributed by atoms with Gasteiger partial charge in [0.15, 0.2) is 16.6 Å². The van der Waals surface area contributed by atoms with Crippen LogP contribution in [0.25, 0.3) is 5.65 Å². The van der Waals surface area contributed by atoms with Crippen molar-refractivity contribution in [1.82, 2.24) is 24.9 Å². The minimum atomic E-state index is 0.684. The van der Waals surface area contributed by atoms with E-state index >= 15 is 0 Å². The third kappa shape index (κ3) is 3.10. The molecule has 0 atom stereocenters. The molecule has 7 heteroatoms. The van der Waals surface area contributed by atoms with E-state index in [9.17, 15) is 0 Å². The van der Waals surface area contributed by atoms with Gasteiger partial charge < -0.3 is 10.2 Å². The van der Waals surface area contributed by atoms with E-state index in [1.165, 1.54) is 4.88 Å². The number of anilines is 1. The molecule has 0 amide bonds. The molecule has 0 fully saturated rings. The predicted molar refractivity (Wildman–Crippen MR) is 89.2 cm³/mol. The van der Waals surface area contributed by atoms with E-state index in [-0.39, 0.29) is 0 Å². The number of nitrogens with one attached hydrogen (secondary N) is 1. The molecule has 3 heterocycles. The molecule has 0 saturated carbocycles. The van der Waals surface area contributed by atoms with E-state index < -0.39 is 0 Å². The summed E-state index contributed by atoms with van der Waals surface area (Å²) in [6.45, 7) is 7.76. The first kappa shape index (κ1) is 14.9. The Labute approximate surface area is 133 Å². The van der Waals surface area contributed by atoms with Gasteiger partial charge in [0, 0.05) is 36.9 Å². The summed E-state index contributed by atoms with van der Waals surface area (Å²) in [5, 5.41) is 12.9. The van der Waals surface area contributed by atoms with Crippen molar-refractivity contribution in [1.29, 1.82) is 0 Å². The van der Waals surface area contributed by atoms with Crippen LogP contribution in [0.3, 0.4) is 0 Å². The summed E-state index contributed by atoms with van der Waals surface area (Å²) in [5.41, 5.74) is 0.876. The van der Waals surface area contributed by atoms with Crippen molar-refractivity contribution >= 4 is 22.1 Å². The number of pyridine rings is 1. The highest BCUT2D eigenvalue weighted by Gasteiger charge is 2.08. The molecule has 3 aromatic heterocycles. The maximum atomic E-state index is 4.50. The Hall–Kier alpha value is -1.99. The number of aromatic nitrogens is 4. The first-order chi connectivity index (χ1) is 10.8. The zero-order valence-electron chi connectivity index (χ0n) is 12.9. The smallest absolute Gasteiger partial charge is 0.185 e. The van der Waals surface area contributed by atoms with E-state index in [0.29, 0.717) is 6.54 Å². The lowest BCUT2D eigenvalue weighted by atomic mass is 10.4. The number of hydrogen-bond acceptors (Lipinski definition) is 6. The van der Waals surface area contributed by atoms with Crippen LogP contribution in [0.4, 0.5) is 5.13 Å². The Morgan fingerprint density at radius 3 is 2.86 bits per heavy atom. The van der Waals surface area contributed by atoms with Crippen molar-refractivity contribution in [2.24, 2.45) is 0 Å². The van der Waals surface area contributed by atoms with E-state index in [1.807, 2.05) is 35.0 Å². The first-order valence-corrected chi connectivity index (χ1v) is 8.32. The second-order valence-electron chi connectivity index (χ2n) is 4.93. The van der Waals surface area contributed by atoms with Gasteiger partial charge in [-0.3, -0.25) is 4.40 Å². The summed E-state index contributed by atoms with van der Waals surface area (Å²) in [4.78, 5) is 7.99. The van der Waals surface area contributed by atoms with Gasteiger partial charge in [-0.05, 0) is 26.0 Å². The Kier molecular flexibility index (Phi) is 4.65. The predicted octanol–water partition coefficient (Wildman–Crippen LogP) is 2.32. The molecule has 0 aliphatic heterocycles. The van der Waals surface area contributed by atoms with Crippen LogP contribution in [0.1, 0.15) is 24.5 Å². The Morgan fingerprint density at radius 1 is 1.18 bits per heavy atom. The summed E-state index contributed by atoms with van der Waals surface area (Å²) in [7, 11) is 0. The van der Waals surface area contributed by atoms with Gasteiger partial charge in [0.1, 0.15) is 0 Å². The number of nitrogens with zero attached hydrogens (tertiary/aromatic N) is 5. The molecule has 0 saturated heterocycles. The van der Waals surface area contributed by atoms with Gasteiger partial charge in [0.05, 0.1) is 6.54 Å². The van der Waals surface area contributed by atoms with Crippen LogP contribution in [-0.4, -0.2) is 32.7 Å². The second kappa shape index (κ2) is 6.85. The minimum Gasteiger partial charge on any atom is -0.349 e. The fourth-order valence-electron chi connectivity index (χ4n) is 2.33. The highest BCUT2D eigenvalue weighted by Crippen LogP contribution is 2.22. The molecular weight excluding hydrogens is 296 g/mol. The van der Waals surface area contributed by atoms with Crippen molar-refractivity contribution in [2.75, 3.05) is 18.0 Å². The highest BCUT2D eigenvalue weighted by atomic mass is 32.1. The maximum absolute atomic E-state index is 4.50. The summed E-state index contributed by atoms with van der Waals surface area (Å²) >= 11 is 1.74. The van der Waals surface area contributed by atoms with Crippen LogP contribution in [0.5, 0.6) is 0 Å². The van der Waals surface area contributed by atoms with E-state index in [2.05, 4.69) is 39.2 Å². The second-order valence-corrected chi connectivity index (χ2v) is 6.02. The summed E-state index contributed by atoms with van der Waals surface area (Å²) in [6, 6.07) is 5.91. The number of rotatable bonds is 7. The van der Waals surface area contributed by atoms with Gasteiger partial charge in [-0.25, -0.2) is 4.98 Å². The van der Waals surface area contributed by atoms with Gasteiger partial charge in [-0.1, -0.05) is 6.07 Å². The Bertz CT molecular complexity index is 730. The quantitative estimate of drug-likeness (QED) is 0.725. The molecule has 22 heavy (non-hydrogen) atoms. The van der Waals surface area contributed by atoms with E-state index in [1.54, 1.807) is 11.3 Å². The first-order valence-electron chi connectivity index (χ1n) is 7.50. The van der Waals surface area contributed by atoms with Crippen LogP contribution in [0.2, 0.25) is 0 Å². The summed E-state index contributed by atoms with van der Waals surface area (Å²) < 4.78 is 2.00. The lowest BCUT2D eigenvalue weighted by molar-refractivity contribution is 0.662. The van der Waals surface area contributed by atoms with Crippen LogP contribution >= 0.6 is 11.3 Å². The van der Waals surface area contributed by atoms with Gasteiger partial charge in [0.2, 0.25) is 0 Å². The Balaban J connectivity index is 1.59. The fourth-order valence-corrected chi connectivity index (χ4v) is 3.34. The summed E-state index contributed by atoms with van der Waals surface area (Å²) in [5.74, 6) is 0.920. The molecule has 116 valence electrons.